The van der Waals surface area contributed by atoms with Gasteiger partial charge in [0.2, 0.25) is 0 Å². The maximum absolute atomic E-state index is 11.9. The number of aromatic nitrogens is 2. The number of hydrogen-bond acceptors (Lipinski definition) is 2. The van der Waals surface area contributed by atoms with Crippen molar-refractivity contribution in [3.8, 4) is 0 Å². The zero-order valence-corrected chi connectivity index (χ0v) is 10.2. The standard InChI is InChI=1S/C11H10BrN3O/c1-15-10(6-7-13-15)11(16)14-9-5-3-2-4-8(9)12/h2-7H,1H3,(H,14,16). The number of hydrogen-bond donors (Lipinski definition) is 1. The van der Waals surface area contributed by atoms with Crippen LogP contribution in [0.1, 0.15) is 10.5 Å². The van der Waals surface area contributed by atoms with Gasteiger partial charge >= 0.3 is 0 Å². The minimum Gasteiger partial charge on any atom is -0.320 e. The summed E-state index contributed by atoms with van der Waals surface area (Å²) in [6, 6.07) is 9.14. The molecule has 4 nitrogen and oxygen atoms in total. The predicted octanol–water partition coefficient (Wildman–Crippen LogP) is 2.43. The Kier molecular flexibility index (Phi) is 3.05. The second-order valence-corrected chi connectivity index (χ2v) is 4.13. The third-order valence-corrected chi connectivity index (χ3v) is 2.87. The fourth-order valence-electron chi connectivity index (χ4n) is 1.35. The zero-order chi connectivity index (χ0) is 11.5. The molecule has 2 rings (SSSR count). The van der Waals surface area contributed by atoms with Crippen LogP contribution in [0.3, 0.4) is 0 Å². The Bertz CT molecular complexity index is 521. The summed E-state index contributed by atoms with van der Waals surface area (Å²) in [4.78, 5) is 11.9. The number of aryl methyl sites for hydroxylation is 1. The van der Waals surface area contributed by atoms with Crippen molar-refractivity contribution < 1.29 is 4.79 Å². The van der Waals surface area contributed by atoms with Crippen LogP contribution in [0.2, 0.25) is 0 Å². The average molecular weight is 280 g/mol. The minimum absolute atomic E-state index is 0.174. The molecule has 1 heterocycles. The highest BCUT2D eigenvalue weighted by Crippen LogP contribution is 2.21. The monoisotopic (exact) mass is 279 g/mol. The van der Waals surface area contributed by atoms with E-state index in [4.69, 9.17) is 0 Å². The van der Waals surface area contributed by atoms with Crippen molar-refractivity contribution in [2.45, 2.75) is 0 Å². The number of para-hydroxylation sites is 1. The van der Waals surface area contributed by atoms with Gasteiger partial charge in [-0.25, -0.2) is 0 Å². The molecule has 0 atom stereocenters. The molecule has 82 valence electrons. The largest absolute Gasteiger partial charge is 0.320 e. The molecule has 16 heavy (non-hydrogen) atoms. The van der Waals surface area contributed by atoms with Crippen molar-refractivity contribution in [3.63, 3.8) is 0 Å². The minimum atomic E-state index is -0.174. The van der Waals surface area contributed by atoms with Crippen molar-refractivity contribution in [3.05, 3.63) is 46.7 Å². The number of nitrogens with one attached hydrogen (secondary N) is 1. The molecule has 0 fully saturated rings. The number of anilines is 1. The Morgan fingerprint density at radius 1 is 1.38 bits per heavy atom. The molecule has 0 bridgehead atoms. The predicted molar refractivity (Wildman–Crippen MR) is 65.3 cm³/mol. The molecule has 1 amide bonds. The number of carbonyl (C=O) groups is 1. The maximum Gasteiger partial charge on any atom is 0.273 e. The summed E-state index contributed by atoms with van der Waals surface area (Å²) in [7, 11) is 1.73. The smallest absolute Gasteiger partial charge is 0.273 e. The number of nitrogens with zero attached hydrogens (tertiary/aromatic N) is 2. The molecule has 5 heteroatoms. The number of benzene rings is 1. The van der Waals surface area contributed by atoms with E-state index >= 15 is 0 Å². The van der Waals surface area contributed by atoms with Gasteiger partial charge in [-0.2, -0.15) is 5.10 Å². The van der Waals surface area contributed by atoms with E-state index in [2.05, 4.69) is 26.3 Å². The first kappa shape index (κ1) is 10.9. The van der Waals surface area contributed by atoms with E-state index in [0.717, 1.165) is 10.2 Å². The highest BCUT2D eigenvalue weighted by atomic mass is 79.9. The molecule has 0 saturated heterocycles. The van der Waals surface area contributed by atoms with E-state index in [1.54, 1.807) is 19.3 Å². The quantitative estimate of drug-likeness (QED) is 0.918. The Labute approximate surface area is 101 Å². The molecule has 0 spiro atoms. The number of halogens is 1. The van der Waals surface area contributed by atoms with E-state index < -0.39 is 0 Å². The molecular weight excluding hydrogens is 270 g/mol. The topological polar surface area (TPSA) is 46.9 Å². The molecule has 0 saturated carbocycles. The Balaban J connectivity index is 2.21. The van der Waals surface area contributed by atoms with Gasteiger partial charge in [0.25, 0.3) is 5.91 Å². The second kappa shape index (κ2) is 4.49. The third-order valence-electron chi connectivity index (χ3n) is 2.18. The van der Waals surface area contributed by atoms with Crippen molar-refractivity contribution in [1.29, 1.82) is 0 Å². The highest BCUT2D eigenvalue weighted by molar-refractivity contribution is 9.10. The van der Waals surface area contributed by atoms with Gasteiger partial charge in [0.05, 0.1) is 5.69 Å². The molecule has 0 aliphatic heterocycles. The normalized spacial score (nSPS) is 10.1. The van der Waals surface area contributed by atoms with Crippen molar-refractivity contribution in [1.82, 2.24) is 9.78 Å². The summed E-state index contributed by atoms with van der Waals surface area (Å²) in [6.45, 7) is 0. The van der Waals surface area contributed by atoms with Gasteiger partial charge in [-0.15, -0.1) is 0 Å². The summed E-state index contributed by atoms with van der Waals surface area (Å²) in [6.07, 6.45) is 1.59. The number of rotatable bonds is 2. The van der Waals surface area contributed by atoms with Crippen LogP contribution < -0.4 is 5.32 Å². The number of amides is 1. The Morgan fingerprint density at radius 2 is 2.12 bits per heavy atom. The second-order valence-electron chi connectivity index (χ2n) is 3.27. The summed E-state index contributed by atoms with van der Waals surface area (Å²) < 4.78 is 2.39. The lowest BCUT2D eigenvalue weighted by molar-refractivity contribution is 0.101. The average Bonchev–Trinajstić information content (AvgIpc) is 2.68. The van der Waals surface area contributed by atoms with E-state index in [0.29, 0.717) is 5.69 Å². The molecule has 1 aromatic heterocycles. The summed E-state index contributed by atoms with van der Waals surface area (Å²) in [5.74, 6) is -0.174. The fourth-order valence-corrected chi connectivity index (χ4v) is 1.73. The summed E-state index contributed by atoms with van der Waals surface area (Å²) in [5, 5.41) is 6.75. The molecule has 0 aliphatic carbocycles. The lowest BCUT2D eigenvalue weighted by Gasteiger charge is -2.06. The zero-order valence-electron chi connectivity index (χ0n) is 8.64. The third kappa shape index (κ3) is 2.14. The summed E-state index contributed by atoms with van der Waals surface area (Å²) >= 11 is 3.37. The van der Waals surface area contributed by atoms with Gasteiger partial charge < -0.3 is 5.32 Å². The summed E-state index contributed by atoms with van der Waals surface area (Å²) in [5.41, 5.74) is 1.27. The van der Waals surface area contributed by atoms with Gasteiger partial charge in [-0.3, -0.25) is 9.48 Å². The molecular formula is C11H10BrN3O. The van der Waals surface area contributed by atoms with Crippen LogP contribution in [0.25, 0.3) is 0 Å². The maximum atomic E-state index is 11.9. The van der Waals surface area contributed by atoms with Crippen molar-refractivity contribution in [2.75, 3.05) is 5.32 Å². The van der Waals surface area contributed by atoms with E-state index in [9.17, 15) is 4.79 Å². The van der Waals surface area contributed by atoms with Crippen LogP contribution in [0.5, 0.6) is 0 Å². The van der Waals surface area contributed by atoms with Crippen LogP contribution in [0, 0.1) is 0 Å². The van der Waals surface area contributed by atoms with Crippen LogP contribution in [0.15, 0.2) is 41.0 Å². The van der Waals surface area contributed by atoms with Crippen LogP contribution in [-0.2, 0) is 7.05 Å². The molecule has 0 radical (unpaired) electrons. The van der Waals surface area contributed by atoms with Gasteiger partial charge in [0.15, 0.2) is 0 Å². The van der Waals surface area contributed by atoms with Gasteiger partial charge in [-0.1, -0.05) is 12.1 Å². The molecule has 2 aromatic rings. The van der Waals surface area contributed by atoms with Crippen LogP contribution in [0.4, 0.5) is 5.69 Å². The first-order chi connectivity index (χ1) is 7.68. The number of carbonyl (C=O) groups excluding carboxylic acids is 1. The SMILES string of the molecule is Cn1nccc1C(=O)Nc1ccccc1Br. The van der Waals surface area contributed by atoms with Gasteiger partial charge in [0.1, 0.15) is 5.69 Å². The first-order valence-electron chi connectivity index (χ1n) is 4.72. The lowest BCUT2D eigenvalue weighted by Crippen LogP contribution is -2.16. The van der Waals surface area contributed by atoms with Crippen LogP contribution in [-0.4, -0.2) is 15.7 Å². The van der Waals surface area contributed by atoms with Crippen molar-refractivity contribution in [2.24, 2.45) is 7.05 Å². The van der Waals surface area contributed by atoms with E-state index in [1.165, 1.54) is 4.68 Å². The van der Waals surface area contributed by atoms with E-state index in [1.807, 2.05) is 24.3 Å². The molecule has 1 aromatic carbocycles. The van der Waals surface area contributed by atoms with Crippen LogP contribution >= 0.6 is 15.9 Å². The fraction of sp³-hybridized carbons (Fsp3) is 0.0909. The Hall–Kier alpha value is -1.62. The first-order valence-corrected chi connectivity index (χ1v) is 5.51. The van der Waals surface area contributed by atoms with Gasteiger partial charge in [-0.05, 0) is 34.1 Å². The molecule has 0 unspecified atom stereocenters. The van der Waals surface area contributed by atoms with Crippen molar-refractivity contribution >= 4 is 27.5 Å². The molecule has 1 N–H and O–H groups in total. The molecule has 0 aliphatic rings. The lowest BCUT2D eigenvalue weighted by atomic mass is 10.3. The highest BCUT2D eigenvalue weighted by Gasteiger charge is 2.10. The van der Waals surface area contributed by atoms with E-state index in [-0.39, 0.29) is 5.91 Å². The Morgan fingerprint density at radius 3 is 2.75 bits per heavy atom. The van der Waals surface area contributed by atoms with Gasteiger partial charge in [0, 0.05) is 17.7 Å².